The van der Waals surface area contributed by atoms with Gasteiger partial charge in [0.1, 0.15) is 17.0 Å². The van der Waals surface area contributed by atoms with Crippen molar-refractivity contribution in [2.24, 2.45) is 5.14 Å². The third-order valence-electron chi connectivity index (χ3n) is 7.22. The number of hydrogen-bond donors (Lipinski definition) is 2. The zero-order chi connectivity index (χ0) is 34.1. The molecular formula is C37H32N2O6S2. The first-order valence-corrected chi connectivity index (χ1v) is 17.0. The third-order valence-corrected chi connectivity index (χ3v) is 9.62. The van der Waals surface area contributed by atoms with Gasteiger partial charge in [0.05, 0.1) is 24.0 Å². The maximum Gasteiger partial charge on any atom is 0.241 e. The van der Waals surface area contributed by atoms with Crippen LogP contribution < -0.4 is 19.3 Å². The second kappa shape index (κ2) is 14.8. The summed E-state index contributed by atoms with van der Waals surface area (Å²) in [5, 5.41) is 4.87. The van der Waals surface area contributed by atoms with Crippen molar-refractivity contribution in [2.75, 3.05) is 14.2 Å². The number of sulfonamides is 2. The van der Waals surface area contributed by atoms with Crippen LogP contribution in [0, 0.1) is 24.7 Å². The molecule has 5 aromatic carbocycles. The number of ether oxygens (including phenoxy) is 2. The van der Waals surface area contributed by atoms with Gasteiger partial charge in [-0.25, -0.2) is 22.0 Å². The van der Waals surface area contributed by atoms with Gasteiger partial charge >= 0.3 is 0 Å². The van der Waals surface area contributed by atoms with Gasteiger partial charge in [-0.1, -0.05) is 66.4 Å². The van der Waals surface area contributed by atoms with Crippen molar-refractivity contribution in [3.05, 3.63) is 155 Å². The molecule has 0 aliphatic rings. The predicted molar refractivity (Wildman–Crippen MR) is 183 cm³/mol. The van der Waals surface area contributed by atoms with Gasteiger partial charge in [-0.05, 0) is 89.5 Å². The zero-order valence-electron chi connectivity index (χ0n) is 25.6. The second-order valence-electron chi connectivity index (χ2n) is 10.1. The van der Waals surface area contributed by atoms with Gasteiger partial charge in [-0.2, -0.15) is 4.72 Å². The van der Waals surface area contributed by atoms with E-state index in [2.05, 4.69) is 16.6 Å². The van der Waals surface area contributed by atoms with Crippen molar-refractivity contribution in [1.82, 2.24) is 4.72 Å². The van der Waals surface area contributed by atoms with E-state index in [0.29, 0.717) is 22.6 Å². The van der Waals surface area contributed by atoms with Crippen LogP contribution in [0.4, 0.5) is 0 Å². The van der Waals surface area contributed by atoms with E-state index in [-0.39, 0.29) is 9.79 Å². The average molecular weight is 665 g/mol. The Balaban J connectivity index is 0.000000351. The van der Waals surface area contributed by atoms with Crippen LogP contribution in [-0.2, 0) is 25.6 Å². The van der Waals surface area contributed by atoms with Gasteiger partial charge in [0.15, 0.2) is 0 Å². The molecule has 0 bridgehead atoms. The summed E-state index contributed by atoms with van der Waals surface area (Å²) in [6.45, 7) is 0. The highest BCUT2D eigenvalue weighted by atomic mass is 32.2. The molecule has 0 saturated carbocycles. The first-order chi connectivity index (χ1) is 22.5. The van der Waals surface area contributed by atoms with Crippen molar-refractivity contribution in [3.63, 3.8) is 0 Å². The van der Waals surface area contributed by atoms with E-state index in [0.717, 1.165) is 16.7 Å². The molecule has 0 atom stereocenters. The Hall–Kier alpha value is -5.36. The molecule has 238 valence electrons. The highest BCUT2D eigenvalue weighted by molar-refractivity contribution is 7.89. The smallest absolute Gasteiger partial charge is 0.241 e. The lowest BCUT2D eigenvalue weighted by Gasteiger charge is -2.36. The summed E-state index contributed by atoms with van der Waals surface area (Å²) in [5.41, 5.74) is 2.17. The van der Waals surface area contributed by atoms with E-state index in [9.17, 15) is 16.8 Å². The van der Waals surface area contributed by atoms with Crippen molar-refractivity contribution >= 4 is 20.0 Å². The Bertz CT molecular complexity index is 2050. The van der Waals surface area contributed by atoms with Crippen LogP contribution in [-0.4, -0.2) is 31.1 Å². The van der Waals surface area contributed by atoms with Gasteiger partial charge in [0, 0.05) is 11.1 Å². The molecule has 0 heterocycles. The van der Waals surface area contributed by atoms with E-state index in [1.807, 2.05) is 78.9 Å². The van der Waals surface area contributed by atoms with E-state index in [1.165, 1.54) is 36.4 Å². The topological polar surface area (TPSA) is 125 Å². The van der Waals surface area contributed by atoms with Crippen molar-refractivity contribution < 1.29 is 26.3 Å². The maximum absolute atomic E-state index is 13.8. The Morgan fingerprint density at radius 2 is 0.957 bits per heavy atom. The van der Waals surface area contributed by atoms with Crippen LogP contribution in [0.2, 0.25) is 0 Å². The summed E-state index contributed by atoms with van der Waals surface area (Å²) in [6, 6.07) is 36.2. The molecule has 3 N–H and O–H groups in total. The molecule has 5 rings (SSSR count). The molecule has 0 amide bonds. The lowest BCUT2D eigenvalue weighted by atomic mass is 9.78. The molecule has 0 spiro atoms. The lowest BCUT2D eigenvalue weighted by Crippen LogP contribution is -2.47. The minimum absolute atomic E-state index is 0.0708. The minimum atomic E-state index is -4.00. The van der Waals surface area contributed by atoms with Crippen LogP contribution in [0.1, 0.15) is 27.8 Å². The molecule has 0 fully saturated rings. The normalized spacial score (nSPS) is 11.3. The molecule has 8 nitrogen and oxygen atoms in total. The molecule has 5 aromatic rings. The molecule has 0 aliphatic carbocycles. The summed E-state index contributed by atoms with van der Waals surface area (Å²) in [7, 11) is -4.42. The number of nitrogens with one attached hydrogen (secondary N) is 1. The summed E-state index contributed by atoms with van der Waals surface area (Å²) < 4.78 is 62.8. The Kier molecular flexibility index (Phi) is 10.9. The first kappa shape index (κ1) is 34.5. The van der Waals surface area contributed by atoms with Crippen LogP contribution in [0.25, 0.3) is 0 Å². The zero-order valence-corrected chi connectivity index (χ0v) is 27.3. The highest BCUT2D eigenvalue weighted by Crippen LogP contribution is 2.39. The first-order valence-electron chi connectivity index (χ1n) is 14.0. The number of terminal acetylenes is 2. The largest absolute Gasteiger partial charge is 0.497 e. The fourth-order valence-corrected chi connectivity index (χ4v) is 6.66. The Morgan fingerprint density at radius 1 is 0.574 bits per heavy atom. The summed E-state index contributed by atoms with van der Waals surface area (Å²) in [4.78, 5) is 0.181. The Morgan fingerprint density at radius 3 is 1.32 bits per heavy atom. The fraction of sp³-hybridized carbons (Fsp3) is 0.0811. The van der Waals surface area contributed by atoms with Crippen LogP contribution in [0.3, 0.4) is 0 Å². The van der Waals surface area contributed by atoms with E-state index >= 15 is 0 Å². The number of methoxy groups -OCH3 is 2. The third kappa shape index (κ3) is 8.08. The number of nitrogens with two attached hydrogens (primary N) is 1. The maximum atomic E-state index is 13.8. The number of benzene rings is 5. The highest BCUT2D eigenvalue weighted by Gasteiger charge is 2.40. The molecular weight excluding hydrogens is 633 g/mol. The van der Waals surface area contributed by atoms with Crippen LogP contribution in [0.15, 0.2) is 137 Å². The molecule has 0 saturated heterocycles. The quantitative estimate of drug-likeness (QED) is 0.163. The van der Waals surface area contributed by atoms with E-state index in [4.69, 9.17) is 27.5 Å². The molecule has 0 unspecified atom stereocenters. The lowest BCUT2D eigenvalue weighted by molar-refractivity contribution is 0.413. The van der Waals surface area contributed by atoms with E-state index < -0.39 is 25.6 Å². The minimum Gasteiger partial charge on any atom is -0.497 e. The number of hydrogen-bond acceptors (Lipinski definition) is 6. The van der Waals surface area contributed by atoms with Crippen molar-refractivity contribution in [1.29, 1.82) is 0 Å². The van der Waals surface area contributed by atoms with Gasteiger partial charge in [-0.15, -0.1) is 12.8 Å². The van der Waals surface area contributed by atoms with Crippen molar-refractivity contribution in [3.8, 4) is 36.2 Å². The Labute approximate surface area is 276 Å². The molecule has 0 aliphatic heterocycles. The molecule has 47 heavy (non-hydrogen) atoms. The van der Waals surface area contributed by atoms with Gasteiger partial charge in [0.2, 0.25) is 20.0 Å². The van der Waals surface area contributed by atoms with Crippen molar-refractivity contribution in [2.45, 2.75) is 15.3 Å². The van der Waals surface area contributed by atoms with E-state index in [1.54, 1.807) is 26.4 Å². The SMILES string of the molecule is C#Cc1ccc(S(=O)(=O)NC(c2ccccc2)(c2ccc(OC)cc2)c2ccc(OC)cc2)cc1.C#Cc1ccc(S(N)(=O)=O)cc1. The van der Waals surface area contributed by atoms with Gasteiger partial charge in [0.25, 0.3) is 0 Å². The van der Waals surface area contributed by atoms with Gasteiger partial charge in [-0.3, -0.25) is 0 Å². The molecule has 10 heteroatoms. The summed E-state index contributed by atoms with van der Waals surface area (Å²) in [6.07, 6.45) is 10.5. The predicted octanol–water partition coefficient (Wildman–Crippen LogP) is 5.27. The van der Waals surface area contributed by atoms with Crippen LogP contribution >= 0.6 is 0 Å². The average Bonchev–Trinajstić information content (AvgIpc) is 3.11. The number of primary sulfonamides is 1. The number of rotatable bonds is 9. The monoisotopic (exact) mass is 664 g/mol. The second-order valence-corrected chi connectivity index (χ2v) is 13.3. The van der Waals surface area contributed by atoms with Crippen LogP contribution in [0.5, 0.6) is 11.5 Å². The fourth-order valence-electron chi connectivity index (χ4n) is 4.78. The van der Waals surface area contributed by atoms with Gasteiger partial charge < -0.3 is 9.47 Å². The summed E-state index contributed by atoms with van der Waals surface area (Å²) in [5.74, 6) is 6.21. The summed E-state index contributed by atoms with van der Waals surface area (Å²) >= 11 is 0. The molecule has 0 radical (unpaired) electrons. The molecule has 0 aromatic heterocycles. The standard InChI is InChI=1S/C29H25NO4S.C8H7NO2S/c1-4-22-10-20-28(21-11-22)35(31,32)30-29(23-8-6-5-7-9-23,24-12-16-26(33-2)17-13-24)25-14-18-27(34-3)19-15-25;1-2-7-3-5-8(6-4-7)12(9,10)11/h1,5-21,30H,2-3H3;1,3-6H,(H2,9,10,11).